The van der Waals surface area contributed by atoms with Crippen molar-refractivity contribution in [2.24, 2.45) is 0 Å². The number of rotatable bonds is 2. The SMILES string of the molecule is CC#CC#CC#CC#CC#CC#Cc1c(-c2ccc(Br)s2)sc2c1sc1c2sc2c3sc(-c4ccc(Br)s4)c(C)c3sc21. The smallest absolute Gasteiger partial charge is 0.0705 e. The molecule has 0 aliphatic rings. The van der Waals surface area contributed by atoms with Crippen molar-refractivity contribution in [1.29, 1.82) is 0 Å². The van der Waals surface area contributed by atoms with Gasteiger partial charge in [-0.05, 0) is 141 Å². The van der Waals surface area contributed by atoms with E-state index in [1.807, 2.05) is 56.7 Å². The van der Waals surface area contributed by atoms with Crippen LogP contribution in [0.2, 0.25) is 0 Å². The van der Waals surface area contributed by atoms with Gasteiger partial charge in [-0.3, -0.25) is 0 Å². The van der Waals surface area contributed by atoms with Gasteiger partial charge in [0.2, 0.25) is 0 Å². The number of aryl methyl sites for hydroxylation is 1. The Morgan fingerprint density at radius 2 is 0.907 bits per heavy atom. The molecular weight excluding hydrogens is 793 g/mol. The number of thiophene rings is 7. The topological polar surface area (TPSA) is 0 Å². The lowest BCUT2D eigenvalue weighted by molar-refractivity contribution is 1.62. The monoisotopic (exact) mass is 800 g/mol. The van der Waals surface area contributed by atoms with Gasteiger partial charge in [0.15, 0.2) is 0 Å². The van der Waals surface area contributed by atoms with Gasteiger partial charge in [-0.2, -0.15) is 0 Å². The number of hydrogen-bond acceptors (Lipinski definition) is 7. The van der Waals surface area contributed by atoms with Crippen molar-refractivity contribution in [2.45, 2.75) is 13.8 Å². The maximum atomic E-state index is 3.64. The molecular formula is C34H10Br2S7. The van der Waals surface area contributed by atoms with E-state index in [1.54, 1.807) is 29.6 Å². The van der Waals surface area contributed by atoms with E-state index in [4.69, 9.17) is 0 Å². The molecule has 0 aliphatic heterocycles. The van der Waals surface area contributed by atoms with E-state index in [1.165, 1.54) is 66.5 Å². The molecule has 0 saturated heterocycles. The fourth-order valence-corrected chi connectivity index (χ4v) is 15.0. The van der Waals surface area contributed by atoms with Crippen LogP contribution in [0, 0.1) is 78.0 Å². The molecule has 7 heterocycles. The van der Waals surface area contributed by atoms with Crippen LogP contribution in [0.25, 0.3) is 57.1 Å². The van der Waals surface area contributed by atoms with Crippen molar-refractivity contribution in [3.8, 4) is 90.6 Å². The van der Waals surface area contributed by atoms with Crippen molar-refractivity contribution >= 4 is 149 Å². The van der Waals surface area contributed by atoms with E-state index in [-0.39, 0.29) is 0 Å². The lowest BCUT2D eigenvalue weighted by Crippen LogP contribution is -1.72. The molecule has 0 aliphatic carbocycles. The Morgan fingerprint density at radius 1 is 0.465 bits per heavy atom. The molecule has 43 heavy (non-hydrogen) atoms. The summed E-state index contributed by atoms with van der Waals surface area (Å²) in [4.78, 5) is 5.11. The Balaban J connectivity index is 1.32. The summed E-state index contributed by atoms with van der Waals surface area (Å²) in [6, 6.07) is 8.61. The van der Waals surface area contributed by atoms with Crippen LogP contribution in [0.15, 0.2) is 31.8 Å². The first-order chi connectivity index (χ1) is 21.0. The summed E-state index contributed by atoms with van der Waals surface area (Å²) in [6.45, 7) is 4.00. The first-order valence-electron chi connectivity index (χ1n) is 12.3. The molecule has 7 rings (SSSR count). The molecule has 0 atom stereocenters. The van der Waals surface area contributed by atoms with Crippen LogP contribution in [0.4, 0.5) is 0 Å². The second-order valence-corrected chi connectivity index (χ2v) is 18.7. The van der Waals surface area contributed by atoms with E-state index < -0.39 is 0 Å². The lowest BCUT2D eigenvalue weighted by Gasteiger charge is -1.94. The van der Waals surface area contributed by atoms with E-state index in [2.05, 4.69) is 134 Å². The molecule has 0 bridgehead atoms. The lowest BCUT2D eigenvalue weighted by atomic mass is 10.2. The summed E-state index contributed by atoms with van der Waals surface area (Å²) in [6.07, 6.45) is 0. The molecule has 0 amide bonds. The third-order valence-corrected chi connectivity index (χ3v) is 16.9. The van der Waals surface area contributed by atoms with Crippen LogP contribution in [0.3, 0.4) is 0 Å². The number of fused-ring (bicyclic) bond motifs is 7. The van der Waals surface area contributed by atoms with Crippen LogP contribution in [0.5, 0.6) is 0 Å². The predicted octanol–water partition coefficient (Wildman–Crippen LogP) is 12.3. The van der Waals surface area contributed by atoms with Crippen LogP contribution >= 0.6 is 111 Å². The number of hydrogen-bond donors (Lipinski definition) is 0. The average Bonchev–Trinajstić information content (AvgIpc) is 3.83. The third kappa shape index (κ3) is 5.42. The van der Waals surface area contributed by atoms with Crippen LogP contribution < -0.4 is 0 Å². The Hall–Kier alpha value is -2.74. The van der Waals surface area contributed by atoms with Gasteiger partial charge < -0.3 is 0 Å². The zero-order chi connectivity index (χ0) is 29.5. The number of halogens is 2. The average molecular weight is 803 g/mol. The highest BCUT2D eigenvalue weighted by atomic mass is 79.9. The van der Waals surface area contributed by atoms with E-state index in [9.17, 15) is 0 Å². The minimum absolute atomic E-state index is 1.05. The van der Waals surface area contributed by atoms with Crippen molar-refractivity contribution in [3.63, 3.8) is 0 Å². The Labute approximate surface area is 293 Å². The van der Waals surface area contributed by atoms with E-state index in [0.717, 1.165) is 9.35 Å². The summed E-state index contributed by atoms with van der Waals surface area (Å²) >= 11 is 20.3. The molecule has 9 heteroatoms. The Kier molecular flexibility index (Phi) is 8.32. The highest BCUT2D eigenvalue weighted by molar-refractivity contribution is 9.11. The predicted molar refractivity (Wildman–Crippen MR) is 204 cm³/mol. The molecule has 0 unspecified atom stereocenters. The van der Waals surface area contributed by atoms with Crippen molar-refractivity contribution in [3.05, 3.63) is 43.0 Å². The fourth-order valence-electron chi connectivity index (χ4n) is 4.32. The minimum Gasteiger partial charge on any atom is -0.132 e. The van der Waals surface area contributed by atoms with Gasteiger partial charge in [-0.15, -0.1) is 79.4 Å². The van der Waals surface area contributed by atoms with Gasteiger partial charge in [0, 0.05) is 14.6 Å². The van der Waals surface area contributed by atoms with E-state index in [0.29, 0.717) is 0 Å². The first kappa shape index (κ1) is 29.0. The Bertz CT molecular complexity index is 2650. The maximum Gasteiger partial charge on any atom is 0.0705 e. The molecule has 0 saturated carbocycles. The molecule has 0 spiro atoms. The summed E-state index contributed by atoms with van der Waals surface area (Å²) in [5.41, 5.74) is 2.43. The van der Waals surface area contributed by atoms with Gasteiger partial charge in [0.25, 0.3) is 0 Å². The van der Waals surface area contributed by atoms with Gasteiger partial charge in [0.05, 0.1) is 55.6 Å². The summed E-state index contributed by atoms with van der Waals surface area (Å²) in [5.74, 6) is 33.3. The van der Waals surface area contributed by atoms with Crippen molar-refractivity contribution in [1.82, 2.24) is 0 Å². The second-order valence-electron chi connectivity index (χ2n) is 8.63. The maximum absolute atomic E-state index is 3.64. The molecule has 0 nitrogen and oxygen atoms in total. The van der Waals surface area contributed by atoms with Crippen LogP contribution in [-0.2, 0) is 0 Å². The normalized spacial score (nSPS) is 10.1. The zero-order valence-electron chi connectivity index (χ0n) is 21.9. The van der Waals surface area contributed by atoms with E-state index >= 15 is 0 Å². The summed E-state index contributed by atoms with van der Waals surface area (Å²) in [7, 11) is 0. The summed E-state index contributed by atoms with van der Waals surface area (Å²) in [5, 5.41) is 0. The molecule has 7 aromatic rings. The molecule has 0 N–H and O–H groups in total. The van der Waals surface area contributed by atoms with Gasteiger partial charge >= 0.3 is 0 Å². The van der Waals surface area contributed by atoms with Crippen LogP contribution in [0.1, 0.15) is 18.1 Å². The van der Waals surface area contributed by atoms with Crippen molar-refractivity contribution in [2.75, 3.05) is 0 Å². The zero-order valence-corrected chi connectivity index (χ0v) is 30.8. The van der Waals surface area contributed by atoms with Gasteiger partial charge in [-0.25, -0.2) is 0 Å². The third-order valence-electron chi connectivity index (χ3n) is 6.07. The summed E-state index contributed by atoms with van der Waals surface area (Å²) < 4.78 is 13.2. The van der Waals surface area contributed by atoms with Gasteiger partial charge in [0.1, 0.15) is 0 Å². The minimum atomic E-state index is 1.05. The molecule has 0 aromatic carbocycles. The second kappa shape index (κ2) is 12.3. The largest absolute Gasteiger partial charge is 0.132 e. The molecule has 7 aromatic heterocycles. The molecule has 0 fully saturated rings. The fraction of sp³-hybridized carbons (Fsp3) is 0.0588. The van der Waals surface area contributed by atoms with Crippen molar-refractivity contribution < 1.29 is 0 Å². The first-order valence-corrected chi connectivity index (χ1v) is 19.6. The highest BCUT2D eigenvalue weighted by Gasteiger charge is 2.25. The quantitative estimate of drug-likeness (QED) is 0.153. The van der Waals surface area contributed by atoms with Gasteiger partial charge in [-0.1, -0.05) is 5.92 Å². The Morgan fingerprint density at radius 3 is 1.47 bits per heavy atom. The highest BCUT2D eigenvalue weighted by Crippen LogP contribution is 2.57. The van der Waals surface area contributed by atoms with Crippen LogP contribution in [-0.4, -0.2) is 0 Å². The molecule has 0 radical (unpaired) electrons. The standard InChI is InChI=1S/C34H10Br2S7/c1-3-4-5-6-7-8-9-10-11-12-13-14-20-27(22-16-18-24(36)38-22)41-30-28(20)42-34-32(30)43-31-29-26(40-33(31)34)19(2)25(39-29)21-15-17-23(35)37-21/h15-18H,1-2H3. The molecule has 202 valence electrons.